The van der Waals surface area contributed by atoms with Crippen molar-refractivity contribution < 1.29 is 5.11 Å². The fraction of sp³-hybridized carbons (Fsp3) is 0.333. The number of nitrogens with one attached hydrogen (secondary N) is 1. The quantitative estimate of drug-likeness (QED) is 0.760. The SMILES string of the molecule is Cc1cc(N[C@H](CCO)c2ccccc2)n2nc(C)c(C)c2n1. The predicted octanol–water partition coefficient (Wildman–Crippen LogP) is 3.19. The summed E-state index contributed by atoms with van der Waals surface area (Å²) in [5, 5.41) is 17.5. The zero-order valence-electron chi connectivity index (χ0n) is 13.7. The van der Waals surface area contributed by atoms with E-state index in [1.807, 2.05) is 49.6 Å². The molecule has 0 aliphatic carbocycles. The second-order valence-corrected chi connectivity index (χ2v) is 5.85. The Kier molecular flexibility index (Phi) is 4.30. The molecular weight excluding hydrogens is 288 g/mol. The Balaban J connectivity index is 2.03. The Hall–Kier alpha value is -2.40. The fourth-order valence-corrected chi connectivity index (χ4v) is 2.77. The number of benzene rings is 1. The van der Waals surface area contributed by atoms with Gasteiger partial charge in [0.25, 0.3) is 0 Å². The van der Waals surface area contributed by atoms with Gasteiger partial charge in [0.1, 0.15) is 5.82 Å². The van der Waals surface area contributed by atoms with Crippen molar-refractivity contribution in [2.75, 3.05) is 11.9 Å². The van der Waals surface area contributed by atoms with E-state index in [0.717, 1.165) is 34.0 Å². The Labute approximate surface area is 136 Å². The van der Waals surface area contributed by atoms with Crippen LogP contribution in [0.15, 0.2) is 36.4 Å². The lowest BCUT2D eigenvalue weighted by molar-refractivity contribution is 0.280. The van der Waals surface area contributed by atoms with Gasteiger partial charge < -0.3 is 10.4 Å². The molecule has 2 N–H and O–H groups in total. The van der Waals surface area contributed by atoms with Crippen LogP contribution >= 0.6 is 0 Å². The highest BCUT2D eigenvalue weighted by molar-refractivity contribution is 5.56. The average Bonchev–Trinajstić information content (AvgIpc) is 2.83. The van der Waals surface area contributed by atoms with E-state index in [-0.39, 0.29) is 12.6 Å². The molecule has 5 heteroatoms. The lowest BCUT2D eigenvalue weighted by Crippen LogP contribution is -2.15. The Bertz CT molecular complexity index is 811. The molecule has 0 saturated carbocycles. The largest absolute Gasteiger partial charge is 0.396 e. The number of aromatic nitrogens is 3. The van der Waals surface area contributed by atoms with Crippen LogP contribution in [-0.2, 0) is 0 Å². The van der Waals surface area contributed by atoms with Gasteiger partial charge in [-0.15, -0.1) is 0 Å². The Morgan fingerprint density at radius 1 is 1.17 bits per heavy atom. The van der Waals surface area contributed by atoms with Crippen LogP contribution in [0.5, 0.6) is 0 Å². The first kappa shape index (κ1) is 15.5. The molecule has 1 aromatic carbocycles. The van der Waals surface area contributed by atoms with E-state index in [1.165, 1.54) is 0 Å². The molecule has 2 aromatic heterocycles. The first-order valence-electron chi connectivity index (χ1n) is 7.86. The second-order valence-electron chi connectivity index (χ2n) is 5.85. The third-order valence-corrected chi connectivity index (χ3v) is 4.13. The van der Waals surface area contributed by atoms with Crippen LogP contribution in [0, 0.1) is 20.8 Å². The molecular formula is C18H22N4O. The van der Waals surface area contributed by atoms with Crippen molar-refractivity contribution in [3.05, 3.63) is 58.9 Å². The van der Waals surface area contributed by atoms with Crippen LogP contribution in [0.1, 0.15) is 35.0 Å². The minimum Gasteiger partial charge on any atom is -0.396 e. The monoisotopic (exact) mass is 310 g/mol. The first-order chi connectivity index (χ1) is 11.1. The lowest BCUT2D eigenvalue weighted by Gasteiger charge is -2.20. The Morgan fingerprint density at radius 3 is 2.61 bits per heavy atom. The van der Waals surface area contributed by atoms with Crippen molar-refractivity contribution in [3.8, 4) is 0 Å². The van der Waals surface area contributed by atoms with Gasteiger partial charge in [-0.1, -0.05) is 30.3 Å². The summed E-state index contributed by atoms with van der Waals surface area (Å²) < 4.78 is 1.85. The van der Waals surface area contributed by atoms with Crippen molar-refractivity contribution in [2.45, 2.75) is 33.2 Å². The lowest BCUT2D eigenvalue weighted by atomic mass is 10.0. The van der Waals surface area contributed by atoms with Crippen LogP contribution in [0.25, 0.3) is 5.65 Å². The first-order valence-corrected chi connectivity index (χ1v) is 7.86. The van der Waals surface area contributed by atoms with Crippen molar-refractivity contribution in [1.82, 2.24) is 14.6 Å². The molecule has 0 fully saturated rings. The number of rotatable bonds is 5. The number of nitrogens with zero attached hydrogens (tertiary/aromatic N) is 3. The minimum atomic E-state index is 0.0241. The zero-order chi connectivity index (χ0) is 16.4. The van der Waals surface area contributed by atoms with Gasteiger partial charge in [0.2, 0.25) is 0 Å². The van der Waals surface area contributed by atoms with E-state index in [4.69, 9.17) is 0 Å². The van der Waals surface area contributed by atoms with Gasteiger partial charge in [-0.05, 0) is 32.8 Å². The third kappa shape index (κ3) is 3.05. The van der Waals surface area contributed by atoms with Crippen LogP contribution < -0.4 is 5.32 Å². The Morgan fingerprint density at radius 2 is 1.91 bits per heavy atom. The minimum absolute atomic E-state index is 0.0241. The molecule has 0 saturated heterocycles. The predicted molar refractivity (Wildman–Crippen MR) is 91.7 cm³/mol. The van der Waals surface area contributed by atoms with Gasteiger partial charge in [0, 0.05) is 23.9 Å². The van der Waals surface area contributed by atoms with Gasteiger partial charge in [-0.2, -0.15) is 9.61 Å². The standard InChI is InChI=1S/C18H22N4O/c1-12-11-17(22-18(19-12)13(2)14(3)21-22)20-16(9-10-23)15-7-5-4-6-8-15/h4-8,11,16,20,23H,9-10H2,1-3H3/t16-/m1/s1. The summed E-state index contributed by atoms with van der Waals surface area (Å²) in [7, 11) is 0. The molecule has 1 atom stereocenters. The van der Waals surface area contributed by atoms with Gasteiger partial charge in [-0.3, -0.25) is 0 Å². The van der Waals surface area contributed by atoms with Crippen molar-refractivity contribution >= 4 is 11.5 Å². The van der Waals surface area contributed by atoms with Gasteiger partial charge in [0.15, 0.2) is 5.65 Å². The summed E-state index contributed by atoms with van der Waals surface area (Å²) in [4.78, 5) is 4.59. The number of fused-ring (bicyclic) bond motifs is 1. The van der Waals surface area contributed by atoms with Crippen molar-refractivity contribution in [1.29, 1.82) is 0 Å². The highest BCUT2D eigenvalue weighted by Gasteiger charge is 2.15. The van der Waals surface area contributed by atoms with E-state index < -0.39 is 0 Å². The topological polar surface area (TPSA) is 62.5 Å². The van der Waals surface area contributed by atoms with Gasteiger partial charge in [-0.25, -0.2) is 4.98 Å². The van der Waals surface area contributed by atoms with Crippen molar-refractivity contribution in [3.63, 3.8) is 0 Å². The second kappa shape index (κ2) is 6.38. The summed E-state index contributed by atoms with van der Waals surface area (Å²) >= 11 is 0. The van der Waals surface area contributed by atoms with Gasteiger partial charge in [0.05, 0.1) is 11.7 Å². The average molecular weight is 310 g/mol. The third-order valence-electron chi connectivity index (χ3n) is 4.13. The fourth-order valence-electron chi connectivity index (χ4n) is 2.77. The molecule has 3 aromatic rings. The van der Waals surface area contributed by atoms with Crippen LogP contribution in [0.2, 0.25) is 0 Å². The van der Waals surface area contributed by atoms with Crippen LogP contribution in [0.3, 0.4) is 0 Å². The molecule has 5 nitrogen and oxygen atoms in total. The number of anilines is 1. The van der Waals surface area contributed by atoms with E-state index in [1.54, 1.807) is 0 Å². The molecule has 2 heterocycles. The van der Waals surface area contributed by atoms with Gasteiger partial charge >= 0.3 is 0 Å². The zero-order valence-corrected chi connectivity index (χ0v) is 13.7. The summed E-state index contributed by atoms with van der Waals surface area (Å²) in [6.45, 7) is 6.13. The van der Waals surface area contributed by atoms with Crippen molar-refractivity contribution in [2.24, 2.45) is 0 Å². The summed E-state index contributed by atoms with van der Waals surface area (Å²) in [6, 6.07) is 12.2. The summed E-state index contributed by atoms with van der Waals surface area (Å²) in [5.74, 6) is 0.894. The highest BCUT2D eigenvalue weighted by Crippen LogP contribution is 2.24. The molecule has 120 valence electrons. The molecule has 0 amide bonds. The molecule has 0 aliphatic heterocycles. The van der Waals surface area contributed by atoms with E-state index in [0.29, 0.717) is 6.42 Å². The maximum Gasteiger partial charge on any atom is 0.160 e. The van der Waals surface area contributed by atoms with Crippen LogP contribution in [0.4, 0.5) is 5.82 Å². The summed E-state index contributed by atoms with van der Waals surface area (Å²) in [6.07, 6.45) is 0.631. The smallest absolute Gasteiger partial charge is 0.160 e. The highest BCUT2D eigenvalue weighted by atomic mass is 16.3. The molecule has 0 bridgehead atoms. The maximum absolute atomic E-state index is 9.42. The van der Waals surface area contributed by atoms with E-state index in [9.17, 15) is 5.11 Å². The van der Waals surface area contributed by atoms with Crippen LogP contribution in [-0.4, -0.2) is 26.3 Å². The van der Waals surface area contributed by atoms with E-state index in [2.05, 4.69) is 27.5 Å². The number of hydrogen-bond acceptors (Lipinski definition) is 4. The normalized spacial score (nSPS) is 12.5. The maximum atomic E-state index is 9.42. The number of aryl methyl sites for hydroxylation is 3. The van der Waals surface area contributed by atoms with E-state index >= 15 is 0 Å². The number of hydrogen-bond donors (Lipinski definition) is 2. The molecule has 3 rings (SSSR count). The molecule has 0 spiro atoms. The summed E-state index contributed by atoms with van der Waals surface area (Å²) in [5.41, 5.74) is 5.03. The number of aliphatic hydroxyl groups is 1. The number of aliphatic hydroxyl groups excluding tert-OH is 1. The molecule has 23 heavy (non-hydrogen) atoms. The molecule has 0 aliphatic rings. The molecule has 0 unspecified atom stereocenters. The molecule has 0 radical (unpaired) electrons.